The van der Waals surface area contributed by atoms with Crippen molar-refractivity contribution >= 4 is 113 Å². The van der Waals surface area contributed by atoms with Gasteiger partial charge in [-0.05, 0) is 60.7 Å². The summed E-state index contributed by atoms with van der Waals surface area (Å²) >= 11 is 6.08. The molecule has 6 aromatic heterocycles. The van der Waals surface area contributed by atoms with E-state index in [2.05, 4.69) is 67.1 Å². The lowest BCUT2D eigenvalue weighted by molar-refractivity contribution is -0.143. The van der Waals surface area contributed by atoms with Gasteiger partial charge in [0.2, 0.25) is 0 Å². The van der Waals surface area contributed by atoms with Gasteiger partial charge in [0.15, 0.2) is 16.8 Å². The number of aromatic carboxylic acids is 1. The second kappa shape index (κ2) is 20.7. The summed E-state index contributed by atoms with van der Waals surface area (Å²) in [7, 11) is 2.72. The van der Waals surface area contributed by atoms with Crippen LogP contribution in [0.5, 0.6) is 0 Å². The second-order valence-electron chi connectivity index (χ2n) is 15.7. The van der Waals surface area contributed by atoms with Gasteiger partial charge in [-0.2, -0.15) is 0 Å². The number of aromatic nitrogens is 9. The highest BCUT2D eigenvalue weighted by Crippen LogP contribution is 2.34. The molecule has 1 unspecified atom stereocenters. The van der Waals surface area contributed by atoms with Crippen LogP contribution in [-0.4, -0.2) is 82.1 Å². The maximum atomic E-state index is 11.9. The fourth-order valence-corrected chi connectivity index (χ4v) is 8.15. The molecule has 72 heavy (non-hydrogen) atoms. The zero-order valence-electron chi connectivity index (χ0n) is 38.0. The number of ether oxygens (including phenoxy) is 2. The van der Waals surface area contributed by atoms with E-state index in [1.165, 1.54) is 39.3 Å². The number of nitrogens with one attached hydrogen (secondary N) is 2. The number of hydrogen-bond donors (Lipinski definition) is 3. The summed E-state index contributed by atoms with van der Waals surface area (Å²) in [5.74, 6) is 4.26. The van der Waals surface area contributed by atoms with E-state index in [4.69, 9.17) is 34.2 Å². The molecule has 0 bridgehead atoms. The van der Waals surface area contributed by atoms with Crippen LogP contribution < -0.4 is 10.6 Å². The number of pyridine rings is 3. The Labute approximate surface area is 414 Å². The largest absolute Gasteiger partial charge is 0.478 e. The molecule has 17 nitrogen and oxygen atoms in total. The molecule has 10 aromatic rings. The summed E-state index contributed by atoms with van der Waals surface area (Å²) in [6.45, 7) is 0. The van der Waals surface area contributed by atoms with Crippen molar-refractivity contribution in [1.82, 2.24) is 44.9 Å². The lowest BCUT2D eigenvalue weighted by Crippen LogP contribution is -2.20. The number of carboxylic acids is 1. The van der Waals surface area contributed by atoms with Crippen LogP contribution in [0.1, 0.15) is 43.1 Å². The van der Waals surface area contributed by atoms with Gasteiger partial charge in [-0.25, -0.2) is 54.4 Å². The minimum Gasteiger partial charge on any atom is -0.478 e. The molecule has 0 saturated heterocycles. The van der Waals surface area contributed by atoms with E-state index in [1.54, 1.807) is 48.9 Å². The lowest BCUT2D eigenvalue weighted by atomic mass is 9.91. The Balaban J connectivity index is 0.000000135. The van der Waals surface area contributed by atoms with Crippen LogP contribution in [0.15, 0.2) is 129 Å². The van der Waals surface area contributed by atoms with Crippen molar-refractivity contribution in [3.8, 4) is 24.7 Å². The average molecular weight is 970 g/mol. The van der Waals surface area contributed by atoms with Gasteiger partial charge in [-0.15, -0.1) is 12.8 Å². The summed E-state index contributed by atoms with van der Waals surface area (Å²) in [4.78, 5) is 73.3. The predicted octanol–water partition coefficient (Wildman–Crippen LogP) is 9.33. The van der Waals surface area contributed by atoms with E-state index in [9.17, 15) is 19.5 Å². The smallest absolute Gasteiger partial charge is 0.337 e. The highest BCUT2D eigenvalue weighted by atomic mass is 35.5. The van der Waals surface area contributed by atoms with E-state index < -0.39 is 11.9 Å². The first-order valence-electron chi connectivity index (χ1n) is 21.7. The second-order valence-corrected chi connectivity index (χ2v) is 16.1. The zero-order chi connectivity index (χ0) is 50.3. The van der Waals surface area contributed by atoms with E-state index in [-0.39, 0.29) is 22.6 Å². The number of benzene rings is 4. The fourth-order valence-electron chi connectivity index (χ4n) is 7.90. The van der Waals surface area contributed by atoms with Crippen LogP contribution in [0.2, 0.25) is 5.15 Å². The van der Waals surface area contributed by atoms with Crippen molar-refractivity contribution in [3.63, 3.8) is 0 Å². The van der Waals surface area contributed by atoms with Crippen molar-refractivity contribution in [2.75, 3.05) is 24.9 Å². The average Bonchev–Trinajstić information content (AvgIpc) is 3.42. The molecule has 1 atom stereocenters. The maximum Gasteiger partial charge on any atom is 0.337 e. The first-order chi connectivity index (χ1) is 35.0. The molecular formula is C54H36ClN11O6. The Hall–Kier alpha value is -9.97. The molecule has 1 aliphatic rings. The van der Waals surface area contributed by atoms with E-state index in [0.717, 1.165) is 60.7 Å². The third kappa shape index (κ3) is 9.81. The number of anilines is 4. The van der Waals surface area contributed by atoms with Crippen LogP contribution in [-0.2, 0) is 20.7 Å². The van der Waals surface area contributed by atoms with Crippen LogP contribution >= 0.6 is 11.6 Å². The van der Waals surface area contributed by atoms with Gasteiger partial charge in [-0.3, -0.25) is 4.79 Å². The molecule has 0 amide bonds. The van der Waals surface area contributed by atoms with Crippen molar-refractivity contribution in [2.24, 2.45) is 5.92 Å². The van der Waals surface area contributed by atoms with Crippen molar-refractivity contribution in [2.45, 2.75) is 6.42 Å². The lowest BCUT2D eigenvalue weighted by Gasteiger charge is -2.20. The van der Waals surface area contributed by atoms with Gasteiger partial charge in [-0.1, -0.05) is 59.9 Å². The van der Waals surface area contributed by atoms with Gasteiger partial charge in [0.05, 0.1) is 48.0 Å². The number of carbonyl (C=O) groups is 3. The van der Waals surface area contributed by atoms with Gasteiger partial charge < -0.3 is 25.2 Å². The molecule has 4 aromatic carbocycles. The summed E-state index contributed by atoms with van der Waals surface area (Å²) in [6.07, 6.45) is 24.6. The molecule has 0 saturated carbocycles. The maximum absolute atomic E-state index is 11.9. The highest BCUT2D eigenvalue weighted by Gasteiger charge is 2.25. The van der Waals surface area contributed by atoms with Gasteiger partial charge in [0, 0.05) is 80.0 Å². The van der Waals surface area contributed by atoms with E-state index >= 15 is 0 Å². The first kappa shape index (κ1) is 47.1. The van der Waals surface area contributed by atoms with Gasteiger partial charge >= 0.3 is 17.9 Å². The van der Waals surface area contributed by atoms with Gasteiger partial charge in [0.25, 0.3) is 0 Å². The van der Waals surface area contributed by atoms with Crippen LogP contribution in [0.4, 0.5) is 23.0 Å². The summed E-state index contributed by atoms with van der Waals surface area (Å²) < 4.78 is 9.55. The number of methoxy groups -OCH3 is 2. The number of halogens is 1. The summed E-state index contributed by atoms with van der Waals surface area (Å²) in [5, 5.41) is 20.1. The molecule has 11 rings (SSSR count). The molecule has 3 N–H and O–H groups in total. The Morgan fingerprint density at radius 1 is 0.653 bits per heavy atom. The van der Waals surface area contributed by atoms with Crippen molar-refractivity contribution < 1.29 is 29.0 Å². The molecule has 1 aliphatic carbocycles. The fraction of sp³-hybridized carbons (Fsp3) is 0.0741. The topological polar surface area (TPSA) is 230 Å². The number of carboxylic acid groups (broad SMARTS) is 1. The molecular weight excluding hydrogens is 934 g/mol. The summed E-state index contributed by atoms with van der Waals surface area (Å²) in [6, 6.07) is 24.8. The Morgan fingerprint density at radius 3 is 1.79 bits per heavy atom. The standard InChI is InChI=1S/C21H16N4O2.C20H12N4O2.C13H8ClN3O2/c1-3-13-5-4-6-15(9-13)24-20-19-17(11-22-12-23-19)16-8-7-14(21(26)27-2)10-18(16)25-20;1-2-12-4-3-5-14(8-12)23-19-18-16(10-21-11-22-18)15-7-6-13(20(25)26)9-17(15)24-19;1-19-13(18)7-2-3-8-9-5-15-6-16-11(9)12(14)17-10(8)4-7/h1,4-9,11-12,14H,10H2,2H3,(H,24,25);1,3-11H,(H,23,24)(H,25,26);2-6H,1H3. The number of terminal acetylenes is 2. The number of hydrogen-bond acceptors (Lipinski definition) is 16. The Bertz CT molecular complexity index is 3930. The normalized spacial score (nSPS) is 12.3. The number of fused-ring (bicyclic) bond motifs is 9. The predicted molar refractivity (Wildman–Crippen MR) is 274 cm³/mol. The third-order valence-corrected chi connectivity index (χ3v) is 11.6. The molecule has 6 heterocycles. The Morgan fingerprint density at radius 2 is 1.19 bits per heavy atom. The van der Waals surface area contributed by atoms with Gasteiger partial charge in [0.1, 0.15) is 35.5 Å². The van der Waals surface area contributed by atoms with Crippen molar-refractivity contribution in [3.05, 3.63) is 167 Å². The number of esters is 2. The van der Waals surface area contributed by atoms with Crippen molar-refractivity contribution in [1.29, 1.82) is 0 Å². The minimum atomic E-state index is -1.01. The number of rotatable bonds is 7. The molecule has 0 radical (unpaired) electrons. The first-order valence-corrected chi connectivity index (χ1v) is 22.0. The molecule has 0 fully saturated rings. The molecule has 350 valence electrons. The molecule has 0 spiro atoms. The SMILES string of the molecule is C#Cc1cccc(Nc2nc3c(c4cncnc24)C=CC(C(=O)OC)C3)c1.C#Cc1cccc(Nc2nc3cc(C(=O)O)ccc3c3cncnc23)c1.COC(=O)c1ccc2c(c1)nc(Cl)c1ncncc12. The van der Waals surface area contributed by atoms with Crippen LogP contribution in [0.25, 0.3) is 60.6 Å². The number of nitrogens with zero attached hydrogens (tertiary/aromatic N) is 9. The molecule has 0 aliphatic heterocycles. The third-order valence-electron chi connectivity index (χ3n) is 11.3. The highest BCUT2D eigenvalue weighted by molar-refractivity contribution is 6.35. The monoisotopic (exact) mass is 969 g/mol. The van der Waals surface area contributed by atoms with Crippen LogP contribution in [0.3, 0.4) is 0 Å². The summed E-state index contributed by atoms with van der Waals surface area (Å²) in [5.41, 5.74) is 8.49. The Kier molecular flexibility index (Phi) is 13.6. The minimum absolute atomic E-state index is 0.168. The van der Waals surface area contributed by atoms with Crippen LogP contribution in [0, 0.1) is 30.6 Å². The van der Waals surface area contributed by atoms with E-state index in [1.807, 2.05) is 60.7 Å². The zero-order valence-corrected chi connectivity index (χ0v) is 38.8. The molecule has 18 heteroatoms. The quantitative estimate of drug-likeness (QED) is 0.0584. The number of carbonyl (C=O) groups excluding carboxylic acids is 2. The van der Waals surface area contributed by atoms with E-state index in [0.29, 0.717) is 51.2 Å².